The second-order valence-corrected chi connectivity index (χ2v) is 7.01. The Balaban J connectivity index is 1.51. The number of para-hydroxylation sites is 2. The Bertz CT molecular complexity index is 1180. The highest BCUT2D eigenvalue weighted by atomic mass is 16.5. The number of amides is 1. The zero-order valence-electron chi connectivity index (χ0n) is 17.6. The van der Waals surface area contributed by atoms with E-state index in [1.54, 1.807) is 43.8 Å². The summed E-state index contributed by atoms with van der Waals surface area (Å²) < 4.78 is 11.3. The van der Waals surface area contributed by atoms with E-state index >= 15 is 0 Å². The minimum absolute atomic E-state index is 0.229. The summed E-state index contributed by atoms with van der Waals surface area (Å²) in [4.78, 5) is 17.1. The maximum absolute atomic E-state index is 13.0. The molecule has 0 atom stereocenters. The minimum Gasteiger partial charge on any atom is -0.493 e. The van der Waals surface area contributed by atoms with E-state index in [9.17, 15) is 4.79 Å². The van der Waals surface area contributed by atoms with Crippen LogP contribution in [0.5, 0.6) is 11.5 Å². The molecule has 4 aromatic rings. The molecule has 0 unspecified atom stereocenters. The van der Waals surface area contributed by atoms with Crippen LogP contribution in [0.25, 0.3) is 0 Å². The Morgan fingerprint density at radius 2 is 1.69 bits per heavy atom. The molecule has 1 heterocycles. The third-order valence-electron chi connectivity index (χ3n) is 4.76. The van der Waals surface area contributed by atoms with Crippen molar-refractivity contribution in [2.45, 2.75) is 6.61 Å². The highest BCUT2D eigenvalue weighted by Gasteiger charge is 2.13. The first-order valence-electron chi connectivity index (χ1n) is 10.1. The van der Waals surface area contributed by atoms with Gasteiger partial charge in [-0.3, -0.25) is 9.78 Å². The number of aromatic nitrogens is 1. The van der Waals surface area contributed by atoms with Crippen LogP contribution >= 0.6 is 0 Å². The maximum Gasteiger partial charge on any atom is 0.257 e. The van der Waals surface area contributed by atoms with E-state index in [4.69, 9.17) is 9.47 Å². The van der Waals surface area contributed by atoms with Crippen LogP contribution < -0.4 is 20.1 Å². The van der Waals surface area contributed by atoms with Gasteiger partial charge in [0.2, 0.25) is 0 Å². The number of pyridine rings is 1. The van der Waals surface area contributed by atoms with Gasteiger partial charge < -0.3 is 20.1 Å². The average Bonchev–Trinajstić information content (AvgIpc) is 2.84. The molecule has 0 aliphatic rings. The number of benzene rings is 3. The van der Waals surface area contributed by atoms with Gasteiger partial charge in [-0.2, -0.15) is 0 Å². The van der Waals surface area contributed by atoms with Crippen molar-refractivity contribution < 1.29 is 14.3 Å². The van der Waals surface area contributed by atoms with Gasteiger partial charge in [0.05, 0.1) is 18.4 Å². The lowest BCUT2D eigenvalue weighted by atomic mass is 10.1. The molecule has 4 rings (SSSR count). The molecule has 0 spiro atoms. The molecular formula is C26H23N3O3. The van der Waals surface area contributed by atoms with Crippen LogP contribution in [0.15, 0.2) is 97.3 Å². The molecule has 0 saturated carbocycles. The topological polar surface area (TPSA) is 72.5 Å². The Morgan fingerprint density at radius 3 is 2.47 bits per heavy atom. The van der Waals surface area contributed by atoms with Crippen LogP contribution in [0, 0.1) is 0 Å². The Morgan fingerprint density at radius 1 is 0.875 bits per heavy atom. The zero-order chi connectivity index (χ0) is 22.2. The molecular weight excluding hydrogens is 402 g/mol. The van der Waals surface area contributed by atoms with E-state index in [1.165, 1.54) is 0 Å². The number of hydrogen-bond acceptors (Lipinski definition) is 5. The van der Waals surface area contributed by atoms with Crippen LogP contribution in [-0.4, -0.2) is 18.0 Å². The molecule has 1 amide bonds. The molecule has 160 valence electrons. The molecule has 32 heavy (non-hydrogen) atoms. The molecule has 0 aliphatic heterocycles. The van der Waals surface area contributed by atoms with Gasteiger partial charge in [0.1, 0.15) is 6.61 Å². The maximum atomic E-state index is 13.0. The summed E-state index contributed by atoms with van der Waals surface area (Å²) in [5, 5.41) is 6.24. The number of anilines is 3. The van der Waals surface area contributed by atoms with Crippen LogP contribution in [0.2, 0.25) is 0 Å². The van der Waals surface area contributed by atoms with E-state index in [0.29, 0.717) is 29.4 Å². The summed E-state index contributed by atoms with van der Waals surface area (Å²) >= 11 is 0. The van der Waals surface area contributed by atoms with Crippen LogP contribution in [0.3, 0.4) is 0 Å². The standard InChI is InChI=1S/C26H23N3O3/c1-31-24-14-13-21(16-25(24)32-18-19-8-7-15-27-17-19)29-26(30)22-11-5-6-12-23(22)28-20-9-3-2-4-10-20/h2-17,28H,18H2,1H3,(H,29,30). The molecule has 0 fully saturated rings. The van der Waals surface area contributed by atoms with Gasteiger partial charge in [-0.15, -0.1) is 0 Å². The van der Waals surface area contributed by atoms with Crippen molar-refractivity contribution in [1.29, 1.82) is 0 Å². The van der Waals surface area contributed by atoms with Crippen molar-refractivity contribution in [1.82, 2.24) is 4.98 Å². The molecule has 2 N–H and O–H groups in total. The fourth-order valence-electron chi connectivity index (χ4n) is 3.18. The molecule has 6 heteroatoms. The van der Waals surface area contributed by atoms with Gasteiger partial charge in [-0.25, -0.2) is 0 Å². The van der Waals surface area contributed by atoms with E-state index in [0.717, 1.165) is 16.9 Å². The van der Waals surface area contributed by atoms with E-state index in [-0.39, 0.29) is 5.91 Å². The molecule has 0 radical (unpaired) electrons. The summed E-state index contributed by atoms with van der Waals surface area (Å²) in [5.74, 6) is 0.885. The largest absolute Gasteiger partial charge is 0.493 e. The molecule has 0 bridgehead atoms. The number of methoxy groups -OCH3 is 1. The van der Waals surface area contributed by atoms with Gasteiger partial charge in [-0.05, 0) is 42.5 Å². The first-order valence-corrected chi connectivity index (χ1v) is 10.1. The number of nitrogens with zero attached hydrogens (tertiary/aromatic N) is 1. The highest BCUT2D eigenvalue weighted by Crippen LogP contribution is 2.31. The Labute approximate surface area is 186 Å². The summed E-state index contributed by atoms with van der Waals surface area (Å²) in [6, 6.07) is 26.2. The molecule has 3 aromatic carbocycles. The van der Waals surface area contributed by atoms with Crippen molar-refractivity contribution in [2.75, 3.05) is 17.7 Å². The predicted molar refractivity (Wildman–Crippen MR) is 126 cm³/mol. The first kappa shape index (κ1) is 20.9. The summed E-state index contributed by atoms with van der Waals surface area (Å²) in [6.45, 7) is 0.339. The number of rotatable bonds is 8. The van der Waals surface area contributed by atoms with E-state index in [2.05, 4.69) is 15.6 Å². The number of carbonyl (C=O) groups excluding carboxylic acids is 1. The predicted octanol–water partition coefficient (Wildman–Crippen LogP) is 5.67. The fraction of sp³-hybridized carbons (Fsp3) is 0.0769. The number of nitrogens with one attached hydrogen (secondary N) is 2. The van der Waals surface area contributed by atoms with Gasteiger partial charge in [0, 0.05) is 35.4 Å². The lowest BCUT2D eigenvalue weighted by molar-refractivity contribution is 0.102. The van der Waals surface area contributed by atoms with Crippen molar-refractivity contribution in [2.24, 2.45) is 0 Å². The number of hydrogen-bond donors (Lipinski definition) is 2. The summed E-state index contributed by atoms with van der Waals surface area (Å²) in [7, 11) is 1.58. The van der Waals surface area contributed by atoms with Crippen molar-refractivity contribution in [3.8, 4) is 11.5 Å². The average molecular weight is 425 g/mol. The quantitative estimate of drug-likeness (QED) is 0.381. The molecule has 1 aromatic heterocycles. The van der Waals surface area contributed by atoms with Gasteiger partial charge in [0.15, 0.2) is 11.5 Å². The van der Waals surface area contributed by atoms with Gasteiger partial charge >= 0.3 is 0 Å². The highest BCUT2D eigenvalue weighted by molar-refractivity contribution is 6.08. The normalized spacial score (nSPS) is 10.3. The molecule has 0 aliphatic carbocycles. The number of carbonyl (C=O) groups is 1. The van der Waals surface area contributed by atoms with Crippen molar-refractivity contribution in [3.63, 3.8) is 0 Å². The van der Waals surface area contributed by atoms with E-state index < -0.39 is 0 Å². The summed E-state index contributed by atoms with van der Waals surface area (Å²) in [5.41, 5.74) is 3.70. The fourth-order valence-corrected chi connectivity index (χ4v) is 3.18. The van der Waals surface area contributed by atoms with Crippen LogP contribution in [0.4, 0.5) is 17.1 Å². The second-order valence-electron chi connectivity index (χ2n) is 7.01. The summed E-state index contributed by atoms with van der Waals surface area (Å²) in [6.07, 6.45) is 3.46. The van der Waals surface area contributed by atoms with Gasteiger partial charge in [-0.1, -0.05) is 36.4 Å². The first-order chi connectivity index (χ1) is 15.7. The van der Waals surface area contributed by atoms with Crippen molar-refractivity contribution in [3.05, 3.63) is 108 Å². The minimum atomic E-state index is -0.229. The van der Waals surface area contributed by atoms with Crippen molar-refractivity contribution >= 4 is 23.0 Å². The third-order valence-corrected chi connectivity index (χ3v) is 4.76. The van der Waals surface area contributed by atoms with Gasteiger partial charge in [0.25, 0.3) is 5.91 Å². The van der Waals surface area contributed by atoms with Crippen LogP contribution in [-0.2, 0) is 6.61 Å². The monoisotopic (exact) mass is 425 g/mol. The third kappa shape index (κ3) is 5.23. The molecule has 0 saturated heterocycles. The van der Waals surface area contributed by atoms with E-state index in [1.807, 2.05) is 60.7 Å². The Hall–Kier alpha value is -4.32. The Kier molecular flexibility index (Phi) is 6.63. The SMILES string of the molecule is COc1ccc(NC(=O)c2ccccc2Nc2ccccc2)cc1OCc1cccnc1. The number of ether oxygens (including phenoxy) is 2. The molecule has 6 nitrogen and oxygen atoms in total. The lowest BCUT2D eigenvalue weighted by Crippen LogP contribution is -2.14. The lowest BCUT2D eigenvalue weighted by Gasteiger charge is -2.15. The zero-order valence-corrected chi connectivity index (χ0v) is 17.6. The smallest absolute Gasteiger partial charge is 0.257 e. The van der Waals surface area contributed by atoms with Crippen LogP contribution in [0.1, 0.15) is 15.9 Å². The second kappa shape index (κ2) is 10.1.